The zero-order valence-electron chi connectivity index (χ0n) is 24.1. The molecule has 0 saturated carbocycles. The van der Waals surface area contributed by atoms with Crippen molar-refractivity contribution in [3.8, 4) is 5.75 Å². The molecule has 1 atom stereocenters. The van der Waals surface area contributed by atoms with Crippen LogP contribution < -0.4 is 15.2 Å². The molecule has 0 spiro atoms. The number of alkyl halides is 3. The van der Waals surface area contributed by atoms with Gasteiger partial charge in [-0.2, -0.15) is 13.2 Å². The first-order valence-electron chi connectivity index (χ1n) is 13.8. The molecule has 1 aliphatic rings. The molecule has 0 aromatic heterocycles. The van der Waals surface area contributed by atoms with Crippen molar-refractivity contribution in [1.82, 2.24) is 5.32 Å². The fraction of sp³-hybridized carbons (Fsp3) is 0.273. The van der Waals surface area contributed by atoms with Crippen molar-refractivity contribution < 1.29 is 41.0 Å². The molecule has 44 heavy (non-hydrogen) atoms. The molecule has 0 saturated heterocycles. The van der Waals surface area contributed by atoms with Crippen molar-refractivity contribution in [2.75, 3.05) is 7.11 Å². The molecule has 1 N–H and O–H groups in total. The van der Waals surface area contributed by atoms with E-state index in [9.17, 15) is 26.4 Å². The summed E-state index contributed by atoms with van der Waals surface area (Å²) in [5.74, 6) is -2.52. The van der Waals surface area contributed by atoms with Crippen molar-refractivity contribution in [3.63, 3.8) is 0 Å². The highest BCUT2D eigenvalue weighted by molar-refractivity contribution is 7.90. The normalized spacial score (nSPS) is 13.5. The standard InChI is InChI=1S/C31H31NO4S.C2HF3O2/c1-21(29-9-5-7-23-6-3-4-8-30(23)29)14-27(33)16-24-12-13-28(17-31(24)36-2)37(34,35)20-22-10-11-25-18-32-19-26(25)15-22;3-2(4,5)1(6)7/h3-13,15,17,21,32H,14,16,18-20H2,1-2H3;(H,6,7)/p-1. The molecule has 1 unspecified atom stereocenters. The molecule has 4 aromatic carbocycles. The maximum absolute atomic E-state index is 13.2. The van der Waals surface area contributed by atoms with Gasteiger partial charge in [0.25, 0.3) is 0 Å². The zero-order chi connectivity index (χ0) is 32.1. The highest BCUT2D eigenvalue weighted by Gasteiger charge is 2.29. The minimum absolute atomic E-state index is 0.0618. The molecule has 0 radical (unpaired) electrons. The molecule has 1 heterocycles. The number of ether oxygens (including phenoxy) is 1. The van der Waals surface area contributed by atoms with Gasteiger partial charge in [-0.1, -0.05) is 73.7 Å². The van der Waals surface area contributed by atoms with Crippen LogP contribution in [0.15, 0.2) is 83.8 Å². The number of hydrogen-bond donors (Lipinski definition) is 1. The van der Waals surface area contributed by atoms with Crippen LogP contribution in [0.25, 0.3) is 10.8 Å². The van der Waals surface area contributed by atoms with Gasteiger partial charge in [-0.3, -0.25) is 4.79 Å². The van der Waals surface area contributed by atoms with Crippen molar-refractivity contribution in [3.05, 3.63) is 107 Å². The Morgan fingerprint density at radius 3 is 2.34 bits per heavy atom. The maximum atomic E-state index is 13.2. The number of halogens is 3. The summed E-state index contributed by atoms with van der Waals surface area (Å²) in [7, 11) is -2.06. The predicted molar refractivity (Wildman–Crippen MR) is 158 cm³/mol. The molecular weight excluding hydrogens is 595 g/mol. The van der Waals surface area contributed by atoms with Crippen molar-refractivity contribution in [2.24, 2.45) is 0 Å². The van der Waals surface area contributed by atoms with E-state index in [0.29, 0.717) is 17.7 Å². The highest BCUT2D eigenvalue weighted by atomic mass is 32.2. The Kier molecular flexibility index (Phi) is 10.1. The number of benzene rings is 4. The van der Waals surface area contributed by atoms with Gasteiger partial charge in [-0.25, -0.2) is 8.42 Å². The number of methoxy groups -OCH3 is 1. The van der Waals surface area contributed by atoms with Gasteiger partial charge in [0, 0.05) is 31.5 Å². The fourth-order valence-corrected chi connectivity index (χ4v) is 6.57. The summed E-state index contributed by atoms with van der Waals surface area (Å²) in [6.07, 6.45) is -4.61. The van der Waals surface area contributed by atoms with E-state index in [0.717, 1.165) is 40.6 Å². The molecule has 7 nitrogen and oxygen atoms in total. The van der Waals surface area contributed by atoms with Crippen LogP contribution in [0.5, 0.6) is 5.75 Å². The van der Waals surface area contributed by atoms with Gasteiger partial charge in [0.05, 0.1) is 17.8 Å². The molecule has 0 bridgehead atoms. The molecule has 0 fully saturated rings. The third-order valence-corrected chi connectivity index (χ3v) is 9.07. The van der Waals surface area contributed by atoms with E-state index in [2.05, 4.69) is 36.5 Å². The fourth-order valence-electron chi connectivity index (χ4n) is 5.22. The van der Waals surface area contributed by atoms with E-state index in [1.165, 1.54) is 12.7 Å². The molecule has 0 amide bonds. The average Bonchev–Trinajstić information content (AvgIpc) is 3.44. The highest BCUT2D eigenvalue weighted by Crippen LogP contribution is 2.30. The summed E-state index contributed by atoms with van der Waals surface area (Å²) in [6, 6.07) is 25.1. The minimum atomic E-state index is -5.19. The molecule has 232 valence electrons. The van der Waals surface area contributed by atoms with E-state index in [-0.39, 0.29) is 28.8 Å². The second kappa shape index (κ2) is 13.6. The Morgan fingerprint density at radius 1 is 0.955 bits per heavy atom. The van der Waals surface area contributed by atoms with Crippen LogP contribution in [0.2, 0.25) is 0 Å². The first kappa shape index (κ1) is 32.7. The minimum Gasteiger partial charge on any atom is -0.542 e. The van der Waals surface area contributed by atoms with Crippen LogP contribution in [0.4, 0.5) is 13.2 Å². The first-order chi connectivity index (χ1) is 20.8. The van der Waals surface area contributed by atoms with Gasteiger partial charge in [0.1, 0.15) is 17.5 Å². The molecule has 0 aliphatic carbocycles. The Labute approximate surface area is 253 Å². The van der Waals surface area contributed by atoms with Crippen molar-refractivity contribution >= 4 is 32.4 Å². The van der Waals surface area contributed by atoms with E-state index in [4.69, 9.17) is 14.6 Å². The van der Waals surface area contributed by atoms with E-state index in [1.807, 2.05) is 36.4 Å². The topological polar surface area (TPSA) is 113 Å². The number of aliphatic carboxylic acids is 1. The summed E-state index contributed by atoms with van der Waals surface area (Å²) in [5.41, 5.74) is 4.98. The van der Waals surface area contributed by atoms with Gasteiger partial charge in [-0.15, -0.1) is 0 Å². The number of carboxylic acids is 1. The van der Waals surface area contributed by atoms with Gasteiger partial charge >= 0.3 is 6.18 Å². The Bertz CT molecular complexity index is 1780. The number of rotatable bonds is 9. The second-order valence-electron chi connectivity index (χ2n) is 10.6. The Balaban J connectivity index is 0.000000566. The van der Waals surface area contributed by atoms with Gasteiger partial charge in [0.2, 0.25) is 0 Å². The summed E-state index contributed by atoms with van der Waals surface area (Å²) in [6.45, 7) is 3.65. The number of nitrogens with one attached hydrogen (secondary N) is 1. The average molecular weight is 627 g/mol. The second-order valence-corrected chi connectivity index (χ2v) is 12.6. The summed E-state index contributed by atoms with van der Waals surface area (Å²) in [4.78, 5) is 22.0. The van der Waals surface area contributed by atoms with Crippen molar-refractivity contribution in [2.45, 2.75) is 55.6 Å². The first-order valence-corrected chi connectivity index (χ1v) is 15.4. The number of sulfone groups is 1. The molecule has 5 rings (SSSR count). The largest absolute Gasteiger partial charge is 0.542 e. The lowest BCUT2D eigenvalue weighted by Gasteiger charge is -2.15. The lowest BCUT2D eigenvalue weighted by molar-refractivity contribution is -0.344. The maximum Gasteiger partial charge on any atom is 0.430 e. The Hall–Kier alpha value is -4.22. The summed E-state index contributed by atoms with van der Waals surface area (Å²) < 4.78 is 63.4. The third kappa shape index (κ3) is 8.03. The van der Waals surface area contributed by atoms with Crippen LogP contribution in [0.3, 0.4) is 0 Å². The molecule has 1 aliphatic heterocycles. The van der Waals surface area contributed by atoms with Gasteiger partial charge in [0.15, 0.2) is 9.84 Å². The van der Waals surface area contributed by atoms with Gasteiger partial charge < -0.3 is 20.0 Å². The van der Waals surface area contributed by atoms with Crippen LogP contribution in [0, 0.1) is 0 Å². The lowest BCUT2D eigenvalue weighted by Crippen LogP contribution is -2.37. The monoisotopic (exact) mass is 626 g/mol. The quantitative estimate of drug-likeness (QED) is 0.277. The number of Topliss-reactive ketones (excluding diaryl/α,β-unsaturated/α-hetero) is 1. The molecular formula is C33H31F3NO6S-. The van der Waals surface area contributed by atoms with Crippen LogP contribution >= 0.6 is 0 Å². The summed E-state index contributed by atoms with van der Waals surface area (Å²) in [5, 5.41) is 14.4. The molecule has 11 heteroatoms. The summed E-state index contributed by atoms with van der Waals surface area (Å²) >= 11 is 0. The van der Waals surface area contributed by atoms with E-state index < -0.39 is 22.0 Å². The zero-order valence-corrected chi connectivity index (χ0v) is 24.9. The number of carbonyl (C=O) groups is 2. The van der Waals surface area contributed by atoms with E-state index in [1.54, 1.807) is 18.2 Å². The van der Waals surface area contributed by atoms with Crippen LogP contribution in [0.1, 0.15) is 47.1 Å². The third-order valence-electron chi connectivity index (χ3n) is 7.38. The SMILES string of the molecule is COc1cc(S(=O)(=O)Cc2ccc3c(c2)CNC3)ccc1CC(=O)CC(C)c1cccc2ccccc12.O=C([O-])C(F)(F)F. The Morgan fingerprint density at radius 2 is 1.64 bits per heavy atom. The number of ketones is 1. The number of hydrogen-bond acceptors (Lipinski definition) is 7. The number of carboxylic acid groups (broad SMARTS) is 1. The van der Waals surface area contributed by atoms with Crippen LogP contribution in [-0.4, -0.2) is 33.5 Å². The van der Waals surface area contributed by atoms with E-state index >= 15 is 0 Å². The number of fused-ring (bicyclic) bond motifs is 2. The van der Waals surface area contributed by atoms with Crippen LogP contribution in [-0.2, 0) is 44.7 Å². The smallest absolute Gasteiger partial charge is 0.430 e. The van der Waals surface area contributed by atoms with Gasteiger partial charge in [-0.05, 0) is 51.1 Å². The van der Waals surface area contributed by atoms with Crippen molar-refractivity contribution in [1.29, 1.82) is 0 Å². The number of carbonyl (C=O) groups excluding carboxylic acids is 2. The molecule has 4 aromatic rings. The lowest BCUT2D eigenvalue weighted by atomic mass is 9.90. The predicted octanol–water partition coefficient (Wildman–Crippen LogP) is 5.03.